The summed E-state index contributed by atoms with van der Waals surface area (Å²) in [6, 6.07) is 51.7. The maximum absolute atomic E-state index is 5.14. The fourth-order valence-electron chi connectivity index (χ4n) is 7.83. The second-order valence-electron chi connectivity index (χ2n) is 12.0. The van der Waals surface area contributed by atoms with Crippen molar-refractivity contribution in [1.29, 1.82) is 0 Å². The van der Waals surface area contributed by atoms with Gasteiger partial charge < -0.3 is 0 Å². The summed E-state index contributed by atoms with van der Waals surface area (Å²) in [4.78, 5) is 15.2. The van der Waals surface area contributed by atoms with Gasteiger partial charge in [0.2, 0.25) is 5.95 Å². The van der Waals surface area contributed by atoms with E-state index < -0.39 is 0 Å². The van der Waals surface area contributed by atoms with E-state index in [0.29, 0.717) is 17.6 Å². The average molecular weight is 575 g/mol. The summed E-state index contributed by atoms with van der Waals surface area (Å²) < 4.78 is 2.24. The van der Waals surface area contributed by atoms with Gasteiger partial charge in [0.25, 0.3) is 0 Å². The van der Waals surface area contributed by atoms with E-state index in [1.54, 1.807) is 0 Å². The lowest BCUT2D eigenvalue weighted by atomic mass is 9.60. The van der Waals surface area contributed by atoms with Crippen LogP contribution in [0.4, 0.5) is 0 Å². The Balaban J connectivity index is 1.30. The van der Waals surface area contributed by atoms with Gasteiger partial charge in [-0.15, -0.1) is 0 Å². The highest BCUT2D eigenvalue weighted by atomic mass is 15.2. The van der Waals surface area contributed by atoms with E-state index >= 15 is 0 Å². The minimum Gasteiger partial charge on any atom is -0.278 e. The maximum atomic E-state index is 5.14. The van der Waals surface area contributed by atoms with E-state index in [-0.39, 0.29) is 11.8 Å². The summed E-state index contributed by atoms with van der Waals surface area (Å²) in [6.45, 7) is 0. The highest BCUT2D eigenvalue weighted by Gasteiger charge is 2.42. The lowest BCUT2D eigenvalue weighted by Gasteiger charge is -2.42. The third kappa shape index (κ3) is 3.45. The van der Waals surface area contributed by atoms with Gasteiger partial charge in [-0.3, -0.25) is 4.57 Å². The predicted octanol–water partition coefficient (Wildman–Crippen LogP) is 9.29. The number of nitrogens with zero attached hydrogens (tertiary/aromatic N) is 4. The van der Waals surface area contributed by atoms with Crippen molar-refractivity contribution in [2.45, 2.75) is 11.8 Å². The van der Waals surface area contributed by atoms with Crippen LogP contribution in [0.2, 0.25) is 0 Å². The molecule has 2 aromatic heterocycles. The first-order valence-electron chi connectivity index (χ1n) is 15.5. The van der Waals surface area contributed by atoms with Crippen molar-refractivity contribution < 1.29 is 0 Å². The van der Waals surface area contributed by atoms with Crippen LogP contribution in [0.15, 0.2) is 146 Å². The number of aromatic nitrogens is 4. The number of fused-ring (bicyclic) bond motifs is 3. The molecule has 0 spiro atoms. The Morgan fingerprint density at radius 2 is 0.911 bits per heavy atom. The van der Waals surface area contributed by atoms with Crippen molar-refractivity contribution in [2.24, 2.45) is 0 Å². The van der Waals surface area contributed by atoms with Gasteiger partial charge in [0.1, 0.15) is 0 Å². The van der Waals surface area contributed by atoms with Crippen LogP contribution in [0, 0.1) is 0 Å². The maximum Gasteiger partial charge on any atom is 0.238 e. The zero-order valence-corrected chi connectivity index (χ0v) is 24.3. The lowest BCUT2D eigenvalue weighted by Crippen LogP contribution is -2.27. The molecule has 2 bridgehead atoms. The molecule has 0 saturated carbocycles. The van der Waals surface area contributed by atoms with E-state index in [4.69, 9.17) is 15.0 Å². The van der Waals surface area contributed by atoms with Gasteiger partial charge in [0, 0.05) is 33.7 Å². The summed E-state index contributed by atoms with van der Waals surface area (Å²) in [5.74, 6) is 2.32. The van der Waals surface area contributed by atoms with Crippen LogP contribution >= 0.6 is 0 Å². The molecular weight excluding hydrogens is 548 g/mol. The molecule has 2 heterocycles. The van der Waals surface area contributed by atoms with Gasteiger partial charge in [-0.2, -0.15) is 9.97 Å². The summed E-state index contributed by atoms with van der Waals surface area (Å²) in [7, 11) is 0. The first-order valence-corrected chi connectivity index (χ1v) is 15.5. The van der Waals surface area contributed by atoms with Crippen molar-refractivity contribution >= 4 is 21.8 Å². The van der Waals surface area contributed by atoms with Gasteiger partial charge in [0.05, 0.1) is 11.0 Å². The molecule has 11 rings (SSSR count). The SMILES string of the molecule is c1ccc(-c2nc(-c3ccccc3)nc(-n3c4ccccc4c4c5c(ccc43)C3c4ccccc4C5c4ccccc43)n2)cc1. The zero-order chi connectivity index (χ0) is 29.5. The Kier molecular flexibility index (Phi) is 5.08. The van der Waals surface area contributed by atoms with E-state index in [0.717, 1.165) is 22.2 Å². The topological polar surface area (TPSA) is 43.6 Å². The van der Waals surface area contributed by atoms with Crippen LogP contribution in [0.1, 0.15) is 45.2 Å². The number of hydrogen-bond donors (Lipinski definition) is 0. The van der Waals surface area contributed by atoms with Gasteiger partial charge in [-0.25, -0.2) is 4.98 Å². The molecule has 8 aromatic rings. The molecule has 0 saturated heterocycles. The Hall–Kier alpha value is -5.87. The largest absolute Gasteiger partial charge is 0.278 e. The Morgan fingerprint density at radius 3 is 1.51 bits per heavy atom. The van der Waals surface area contributed by atoms with Gasteiger partial charge in [-0.05, 0) is 45.5 Å². The Labute approximate surface area is 260 Å². The summed E-state index contributed by atoms with van der Waals surface area (Å²) >= 11 is 0. The summed E-state index contributed by atoms with van der Waals surface area (Å²) in [5.41, 5.74) is 12.6. The molecule has 0 amide bonds. The molecule has 3 aliphatic carbocycles. The second kappa shape index (κ2) is 9.31. The molecule has 210 valence electrons. The van der Waals surface area contributed by atoms with Crippen LogP contribution in [-0.2, 0) is 0 Å². The fourth-order valence-corrected chi connectivity index (χ4v) is 7.83. The molecule has 3 aliphatic rings. The lowest BCUT2D eigenvalue weighted by molar-refractivity contribution is 0.761. The minimum absolute atomic E-state index is 0.165. The molecule has 0 fully saturated rings. The number of benzene rings is 6. The molecule has 4 nitrogen and oxygen atoms in total. The van der Waals surface area contributed by atoms with Gasteiger partial charge in [0.15, 0.2) is 11.6 Å². The second-order valence-corrected chi connectivity index (χ2v) is 12.0. The standard InChI is InChI=1S/C41H26N4/c1-3-13-25(14-4-1)39-42-40(26-15-5-2-6-16-26)44-41(43-39)45-33-22-12-11-21-31(33)37-34(45)24-23-32-35-27-17-7-9-19-29(27)36(38(32)37)30-20-10-8-18-28(30)35/h1-24,35-36H. The van der Waals surface area contributed by atoms with Crippen molar-refractivity contribution in [3.05, 3.63) is 179 Å². The molecular formula is C41H26N4. The highest BCUT2D eigenvalue weighted by Crippen LogP contribution is 2.58. The Bertz CT molecular complexity index is 2340. The molecule has 0 N–H and O–H groups in total. The van der Waals surface area contributed by atoms with Gasteiger partial charge in [-0.1, -0.05) is 133 Å². The van der Waals surface area contributed by atoms with E-state index in [1.807, 2.05) is 36.4 Å². The van der Waals surface area contributed by atoms with Crippen molar-refractivity contribution in [1.82, 2.24) is 19.5 Å². The molecule has 4 heteroatoms. The average Bonchev–Trinajstić information content (AvgIpc) is 3.47. The summed E-state index contributed by atoms with van der Waals surface area (Å²) in [5, 5.41) is 2.50. The summed E-state index contributed by atoms with van der Waals surface area (Å²) in [6.07, 6.45) is 0. The van der Waals surface area contributed by atoms with Crippen molar-refractivity contribution in [3.63, 3.8) is 0 Å². The molecule has 0 radical (unpaired) electrons. The van der Waals surface area contributed by atoms with Crippen LogP contribution in [-0.4, -0.2) is 19.5 Å². The van der Waals surface area contributed by atoms with Crippen LogP contribution in [0.5, 0.6) is 0 Å². The third-order valence-corrected chi connectivity index (χ3v) is 9.64. The zero-order valence-electron chi connectivity index (χ0n) is 24.3. The smallest absolute Gasteiger partial charge is 0.238 e. The van der Waals surface area contributed by atoms with E-state index in [1.165, 1.54) is 44.2 Å². The third-order valence-electron chi connectivity index (χ3n) is 9.64. The van der Waals surface area contributed by atoms with Crippen LogP contribution in [0.25, 0.3) is 50.5 Å². The molecule has 0 unspecified atom stereocenters. The monoisotopic (exact) mass is 574 g/mol. The van der Waals surface area contributed by atoms with Crippen LogP contribution < -0.4 is 0 Å². The molecule has 0 atom stereocenters. The number of para-hydroxylation sites is 1. The Morgan fingerprint density at radius 1 is 0.400 bits per heavy atom. The fraction of sp³-hybridized carbons (Fsp3) is 0.0488. The molecule has 6 aromatic carbocycles. The van der Waals surface area contributed by atoms with E-state index in [2.05, 4.69) is 114 Å². The number of hydrogen-bond acceptors (Lipinski definition) is 3. The molecule has 0 aliphatic heterocycles. The van der Waals surface area contributed by atoms with Crippen LogP contribution in [0.3, 0.4) is 0 Å². The quantitative estimate of drug-likeness (QED) is 0.211. The highest BCUT2D eigenvalue weighted by molar-refractivity contribution is 6.12. The van der Waals surface area contributed by atoms with Crippen molar-refractivity contribution in [3.8, 4) is 28.7 Å². The first kappa shape index (κ1) is 24.6. The van der Waals surface area contributed by atoms with Crippen molar-refractivity contribution in [2.75, 3.05) is 0 Å². The predicted molar refractivity (Wildman–Crippen MR) is 180 cm³/mol. The first-order chi connectivity index (χ1) is 22.3. The number of rotatable bonds is 3. The molecule has 45 heavy (non-hydrogen) atoms. The van der Waals surface area contributed by atoms with E-state index in [9.17, 15) is 0 Å². The van der Waals surface area contributed by atoms with Gasteiger partial charge >= 0.3 is 0 Å². The minimum atomic E-state index is 0.165. The normalized spacial score (nSPS) is 16.0.